The number of nitrogens with zero attached hydrogens (tertiary/aromatic N) is 2. The molecular weight excluding hydrogens is 391 g/mol. The van der Waals surface area contributed by atoms with Gasteiger partial charge in [0.05, 0.1) is 16.9 Å². The van der Waals surface area contributed by atoms with E-state index in [9.17, 15) is 4.79 Å². The molecule has 1 heterocycles. The first-order valence-corrected chi connectivity index (χ1v) is 9.22. The summed E-state index contributed by atoms with van der Waals surface area (Å²) in [4.78, 5) is 15.5. The minimum absolute atomic E-state index is 0.100. The van der Waals surface area contributed by atoms with Gasteiger partial charge >= 0.3 is 0 Å². The van der Waals surface area contributed by atoms with Crippen molar-refractivity contribution < 1.29 is 4.79 Å². The molecule has 0 fully saturated rings. The Hall–Kier alpha value is -2.41. The fourth-order valence-electron chi connectivity index (χ4n) is 2.15. The van der Waals surface area contributed by atoms with Gasteiger partial charge < -0.3 is 5.32 Å². The maximum Gasteiger partial charge on any atom is 0.221 e. The zero-order valence-corrected chi connectivity index (χ0v) is 16.0. The predicted octanol–water partition coefficient (Wildman–Crippen LogP) is 5.52. The van der Waals surface area contributed by atoms with E-state index in [1.807, 2.05) is 29.6 Å². The van der Waals surface area contributed by atoms with Crippen molar-refractivity contribution in [2.75, 3.05) is 10.7 Å². The molecule has 1 aromatic heterocycles. The number of hydrazone groups is 1. The Labute approximate surface area is 164 Å². The van der Waals surface area contributed by atoms with Gasteiger partial charge in [0.2, 0.25) is 11.0 Å². The molecule has 0 aliphatic heterocycles. The number of carbonyl (C=O) groups is 1. The average molecular weight is 405 g/mol. The number of rotatable bonds is 5. The molecule has 132 valence electrons. The van der Waals surface area contributed by atoms with Gasteiger partial charge in [-0.25, -0.2) is 4.98 Å². The third kappa shape index (κ3) is 4.82. The second-order valence-corrected chi connectivity index (χ2v) is 7.03. The highest BCUT2D eigenvalue weighted by molar-refractivity contribution is 7.14. The van der Waals surface area contributed by atoms with Crippen LogP contribution in [0.4, 0.5) is 10.8 Å². The van der Waals surface area contributed by atoms with Gasteiger partial charge in [0.25, 0.3) is 0 Å². The smallest absolute Gasteiger partial charge is 0.221 e. The Balaban J connectivity index is 1.66. The molecule has 1 amide bonds. The molecule has 0 bridgehead atoms. The molecule has 26 heavy (non-hydrogen) atoms. The van der Waals surface area contributed by atoms with E-state index in [-0.39, 0.29) is 5.91 Å². The molecule has 2 N–H and O–H groups in total. The van der Waals surface area contributed by atoms with Gasteiger partial charge in [0.1, 0.15) is 0 Å². The third-order valence-corrected chi connectivity index (χ3v) is 4.64. The second-order valence-electron chi connectivity index (χ2n) is 5.33. The van der Waals surface area contributed by atoms with Crippen molar-refractivity contribution in [1.82, 2.24) is 4.98 Å². The number of anilines is 2. The fourth-order valence-corrected chi connectivity index (χ4v) is 3.27. The molecule has 0 spiro atoms. The summed E-state index contributed by atoms with van der Waals surface area (Å²) in [5.41, 5.74) is 6.18. The Morgan fingerprint density at radius 3 is 2.65 bits per heavy atom. The maximum absolute atomic E-state index is 11.1. The molecule has 0 saturated carbocycles. The highest BCUT2D eigenvalue weighted by atomic mass is 35.5. The van der Waals surface area contributed by atoms with Crippen LogP contribution in [0.1, 0.15) is 12.5 Å². The largest absolute Gasteiger partial charge is 0.326 e. The number of nitrogens with one attached hydrogen (secondary N) is 2. The van der Waals surface area contributed by atoms with E-state index >= 15 is 0 Å². The van der Waals surface area contributed by atoms with Crippen molar-refractivity contribution in [3.63, 3.8) is 0 Å². The molecule has 2 aromatic carbocycles. The van der Waals surface area contributed by atoms with Crippen molar-refractivity contribution >= 4 is 57.5 Å². The minimum atomic E-state index is -0.100. The Kier molecular flexibility index (Phi) is 5.88. The lowest BCUT2D eigenvalue weighted by Gasteiger charge is -2.02. The van der Waals surface area contributed by atoms with Crippen molar-refractivity contribution in [3.8, 4) is 11.3 Å². The van der Waals surface area contributed by atoms with Crippen LogP contribution >= 0.6 is 34.5 Å². The normalized spacial score (nSPS) is 10.9. The van der Waals surface area contributed by atoms with E-state index in [4.69, 9.17) is 23.2 Å². The Morgan fingerprint density at radius 2 is 1.96 bits per heavy atom. The fraction of sp³-hybridized carbons (Fsp3) is 0.0556. The standard InChI is InChI=1S/C18H14Cl2N4OS/c1-11(25)22-15-6-3-12(4-7-15)17-10-26-18(23-17)24-21-9-13-2-5-14(19)8-16(13)20/h2-10H,1H3,(H,22,25)(H,23,24)/b21-9-. The van der Waals surface area contributed by atoms with E-state index in [2.05, 4.69) is 20.8 Å². The SMILES string of the molecule is CC(=O)Nc1ccc(-c2csc(N/N=C\c3ccc(Cl)cc3Cl)n2)cc1. The molecule has 0 unspecified atom stereocenters. The molecule has 8 heteroatoms. The van der Waals surface area contributed by atoms with Crippen molar-refractivity contribution in [1.29, 1.82) is 0 Å². The first-order chi connectivity index (χ1) is 12.5. The Morgan fingerprint density at radius 1 is 1.19 bits per heavy atom. The molecular formula is C18H14Cl2N4OS. The number of carbonyl (C=O) groups excluding carboxylic acids is 1. The number of aromatic nitrogens is 1. The first kappa shape index (κ1) is 18.4. The van der Waals surface area contributed by atoms with Gasteiger partial charge in [0.15, 0.2) is 0 Å². The summed E-state index contributed by atoms with van der Waals surface area (Å²) in [6.45, 7) is 1.48. The lowest BCUT2D eigenvalue weighted by molar-refractivity contribution is -0.114. The molecule has 0 aliphatic rings. The first-order valence-electron chi connectivity index (χ1n) is 7.59. The van der Waals surface area contributed by atoms with Crippen LogP contribution in [0, 0.1) is 0 Å². The highest BCUT2D eigenvalue weighted by Crippen LogP contribution is 2.26. The monoisotopic (exact) mass is 404 g/mol. The van der Waals surface area contributed by atoms with E-state index in [1.54, 1.807) is 24.4 Å². The van der Waals surface area contributed by atoms with E-state index < -0.39 is 0 Å². The van der Waals surface area contributed by atoms with Crippen LogP contribution in [0.3, 0.4) is 0 Å². The molecule has 0 atom stereocenters. The number of thiazole rings is 1. The molecule has 3 aromatic rings. The summed E-state index contributed by atoms with van der Waals surface area (Å²) in [5, 5.41) is 10.6. The van der Waals surface area contributed by atoms with Crippen LogP contribution in [0.25, 0.3) is 11.3 Å². The summed E-state index contributed by atoms with van der Waals surface area (Å²) >= 11 is 13.4. The second kappa shape index (κ2) is 8.31. The number of amides is 1. The number of hydrogen-bond donors (Lipinski definition) is 2. The highest BCUT2D eigenvalue weighted by Gasteiger charge is 2.05. The van der Waals surface area contributed by atoms with E-state index in [1.165, 1.54) is 18.3 Å². The van der Waals surface area contributed by atoms with Gasteiger partial charge in [-0.2, -0.15) is 5.10 Å². The van der Waals surface area contributed by atoms with Crippen LogP contribution in [-0.2, 0) is 4.79 Å². The zero-order valence-electron chi connectivity index (χ0n) is 13.7. The summed E-state index contributed by atoms with van der Waals surface area (Å²) in [6, 6.07) is 12.7. The lowest BCUT2D eigenvalue weighted by atomic mass is 10.1. The van der Waals surface area contributed by atoms with Crippen LogP contribution in [0.15, 0.2) is 52.9 Å². The lowest BCUT2D eigenvalue weighted by Crippen LogP contribution is -2.05. The number of hydrogen-bond acceptors (Lipinski definition) is 5. The predicted molar refractivity (Wildman–Crippen MR) is 110 cm³/mol. The molecule has 3 rings (SSSR count). The van der Waals surface area contributed by atoms with E-state index in [0.29, 0.717) is 15.2 Å². The van der Waals surface area contributed by atoms with Gasteiger partial charge in [-0.05, 0) is 24.3 Å². The van der Waals surface area contributed by atoms with Crippen LogP contribution < -0.4 is 10.7 Å². The topological polar surface area (TPSA) is 66.4 Å². The molecule has 0 saturated heterocycles. The maximum atomic E-state index is 11.1. The minimum Gasteiger partial charge on any atom is -0.326 e. The quantitative estimate of drug-likeness (QED) is 0.434. The van der Waals surface area contributed by atoms with Crippen LogP contribution in [0.5, 0.6) is 0 Å². The summed E-state index contributed by atoms with van der Waals surface area (Å²) in [5.74, 6) is -0.100. The van der Waals surface area contributed by atoms with Crippen molar-refractivity contribution in [2.24, 2.45) is 5.10 Å². The van der Waals surface area contributed by atoms with Gasteiger partial charge in [-0.15, -0.1) is 11.3 Å². The van der Waals surface area contributed by atoms with Crippen molar-refractivity contribution in [2.45, 2.75) is 6.92 Å². The van der Waals surface area contributed by atoms with Crippen molar-refractivity contribution in [3.05, 3.63) is 63.5 Å². The van der Waals surface area contributed by atoms with Gasteiger partial charge in [-0.1, -0.05) is 41.4 Å². The summed E-state index contributed by atoms with van der Waals surface area (Å²) in [6.07, 6.45) is 1.61. The van der Waals surface area contributed by atoms with E-state index in [0.717, 1.165) is 22.5 Å². The number of halogens is 2. The average Bonchev–Trinajstić information content (AvgIpc) is 3.06. The van der Waals surface area contributed by atoms with Crippen LogP contribution in [0.2, 0.25) is 10.0 Å². The van der Waals surface area contributed by atoms with Gasteiger partial charge in [0, 0.05) is 34.1 Å². The Bertz CT molecular complexity index is 954. The molecule has 0 radical (unpaired) electrons. The summed E-state index contributed by atoms with van der Waals surface area (Å²) < 4.78 is 0. The summed E-state index contributed by atoms with van der Waals surface area (Å²) in [7, 11) is 0. The third-order valence-electron chi connectivity index (χ3n) is 3.33. The zero-order chi connectivity index (χ0) is 18.5. The van der Waals surface area contributed by atoms with Gasteiger partial charge in [-0.3, -0.25) is 10.2 Å². The molecule has 5 nitrogen and oxygen atoms in total. The number of benzene rings is 2. The van der Waals surface area contributed by atoms with Crippen LogP contribution in [-0.4, -0.2) is 17.1 Å². The molecule has 0 aliphatic carbocycles.